The predicted octanol–water partition coefficient (Wildman–Crippen LogP) is 2.19. The number of carbonyl (C=O) groups is 1. The Bertz CT molecular complexity index is 388. The molecular formula is C11H15Cl2FN2O. The van der Waals surface area contributed by atoms with E-state index in [1.807, 2.05) is 0 Å². The molecule has 0 unspecified atom stereocenters. The Balaban J connectivity index is 0.00000256. The topological polar surface area (TPSA) is 32.3 Å². The second-order valence-corrected chi connectivity index (χ2v) is 3.87. The van der Waals surface area contributed by atoms with Crippen LogP contribution in [0.3, 0.4) is 0 Å². The van der Waals surface area contributed by atoms with Crippen molar-refractivity contribution in [1.82, 2.24) is 10.2 Å². The maximum atomic E-state index is 13.1. The lowest BCUT2D eigenvalue weighted by molar-refractivity contribution is 0.0796. The Morgan fingerprint density at radius 3 is 2.71 bits per heavy atom. The quantitative estimate of drug-likeness (QED) is 0.917. The summed E-state index contributed by atoms with van der Waals surface area (Å²) in [5, 5.41) is 2.96. The molecule has 96 valence electrons. The number of carbonyl (C=O) groups excluding carboxylic acids is 1. The largest absolute Gasteiger partial charge is 0.340 e. The zero-order valence-corrected chi connectivity index (χ0v) is 11.2. The van der Waals surface area contributed by atoms with Crippen LogP contribution < -0.4 is 5.32 Å². The average molecular weight is 281 g/mol. The minimum Gasteiger partial charge on any atom is -0.340 e. The van der Waals surface area contributed by atoms with Gasteiger partial charge in [0.1, 0.15) is 5.82 Å². The van der Waals surface area contributed by atoms with E-state index in [0.717, 1.165) is 6.07 Å². The SMILES string of the molecule is CNCCN(C)C(=O)c1ccc(Cl)c(F)c1.Cl. The summed E-state index contributed by atoms with van der Waals surface area (Å²) in [6.45, 7) is 1.26. The summed E-state index contributed by atoms with van der Waals surface area (Å²) in [7, 11) is 3.48. The second-order valence-electron chi connectivity index (χ2n) is 3.46. The molecule has 1 rings (SSSR count). The zero-order chi connectivity index (χ0) is 12.1. The number of amides is 1. The molecule has 6 heteroatoms. The fraction of sp³-hybridized carbons (Fsp3) is 0.364. The Morgan fingerprint density at radius 1 is 1.53 bits per heavy atom. The van der Waals surface area contributed by atoms with Crippen LogP contribution in [0.5, 0.6) is 0 Å². The van der Waals surface area contributed by atoms with Gasteiger partial charge >= 0.3 is 0 Å². The van der Waals surface area contributed by atoms with Crippen LogP contribution in [0.2, 0.25) is 5.02 Å². The lowest BCUT2D eigenvalue weighted by atomic mass is 10.2. The van der Waals surface area contributed by atoms with Crippen molar-refractivity contribution in [3.8, 4) is 0 Å². The number of likely N-dealkylation sites (N-methyl/N-ethyl adjacent to an activating group) is 2. The highest BCUT2D eigenvalue weighted by Gasteiger charge is 2.12. The first-order chi connectivity index (χ1) is 7.56. The van der Waals surface area contributed by atoms with Crippen LogP contribution in [0.1, 0.15) is 10.4 Å². The van der Waals surface area contributed by atoms with Crippen LogP contribution in [0.25, 0.3) is 0 Å². The Morgan fingerprint density at radius 2 is 2.18 bits per heavy atom. The Labute approximate surface area is 111 Å². The molecule has 0 aliphatic heterocycles. The zero-order valence-electron chi connectivity index (χ0n) is 9.67. The van der Waals surface area contributed by atoms with E-state index in [1.165, 1.54) is 17.0 Å². The van der Waals surface area contributed by atoms with Gasteiger partial charge in [-0.05, 0) is 25.2 Å². The molecule has 0 atom stereocenters. The molecule has 0 saturated heterocycles. The molecule has 1 aromatic rings. The van der Waals surface area contributed by atoms with Crippen molar-refractivity contribution in [3.05, 3.63) is 34.6 Å². The third-order valence-corrected chi connectivity index (χ3v) is 2.52. The molecule has 0 bridgehead atoms. The normalized spacial score (nSPS) is 9.65. The van der Waals surface area contributed by atoms with Crippen LogP contribution in [0.15, 0.2) is 18.2 Å². The van der Waals surface area contributed by atoms with Gasteiger partial charge in [0.15, 0.2) is 0 Å². The summed E-state index contributed by atoms with van der Waals surface area (Å²) in [6, 6.07) is 4.06. The minimum absolute atomic E-state index is 0. The monoisotopic (exact) mass is 280 g/mol. The van der Waals surface area contributed by atoms with Crippen molar-refractivity contribution in [3.63, 3.8) is 0 Å². The summed E-state index contributed by atoms with van der Waals surface area (Å²) >= 11 is 5.54. The molecule has 0 aliphatic carbocycles. The maximum Gasteiger partial charge on any atom is 0.253 e. The molecule has 1 aromatic carbocycles. The fourth-order valence-electron chi connectivity index (χ4n) is 1.23. The third kappa shape index (κ3) is 4.50. The molecule has 1 N–H and O–H groups in total. The Kier molecular flexibility index (Phi) is 7.11. The van der Waals surface area contributed by atoms with E-state index >= 15 is 0 Å². The fourth-order valence-corrected chi connectivity index (χ4v) is 1.35. The van der Waals surface area contributed by atoms with Gasteiger partial charge < -0.3 is 10.2 Å². The van der Waals surface area contributed by atoms with E-state index in [1.54, 1.807) is 14.1 Å². The van der Waals surface area contributed by atoms with Crippen LogP contribution in [-0.4, -0.2) is 38.0 Å². The number of nitrogens with zero attached hydrogens (tertiary/aromatic N) is 1. The lowest BCUT2D eigenvalue weighted by Crippen LogP contribution is -2.32. The minimum atomic E-state index is -0.575. The molecule has 0 aliphatic rings. The van der Waals surface area contributed by atoms with Crippen LogP contribution in [-0.2, 0) is 0 Å². The number of nitrogens with one attached hydrogen (secondary N) is 1. The number of halogens is 3. The number of hydrogen-bond donors (Lipinski definition) is 1. The maximum absolute atomic E-state index is 13.1. The summed E-state index contributed by atoms with van der Waals surface area (Å²) in [5.74, 6) is -0.791. The molecular weight excluding hydrogens is 266 g/mol. The van der Waals surface area contributed by atoms with Gasteiger partial charge in [-0.3, -0.25) is 4.79 Å². The summed E-state index contributed by atoms with van der Waals surface area (Å²) in [4.78, 5) is 13.3. The van der Waals surface area contributed by atoms with Crippen molar-refractivity contribution >= 4 is 29.9 Å². The van der Waals surface area contributed by atoms with E-state index in [9.17, 15) is 9.18 Å². The van der Waals surface area contributed by atoms with E-state index < -0.39 is 5.82 Å². The third-order valence-electron chi connectivity index (χ3n) is 2.21. The van der Waals surface area contributed by atoms with Crippen molar-refractivity contribution in [2.75, 3.05) is 27.2 Å². The van der Waals surface area contributed by atoms with Crippen molar-refractivity contribution in [1.29, 1.82) is 0 Å². The number of benzene rings is 1. The second kappa shape index (κ2) is 7.48. The van der Waals surface area contributed by atoms with Gasteiger partial charge in [-0.1, -0.05) is 11.6 Å². The van der Waals surface area contributed by atoms with Gasteiger partial charge in [0.05, 0.1) is 5.02 Å². The van der Waals surface area contributed by atoms with Crippen LogP contribution in [0, 0.1) is 5.82 Å². The number of rotatable bonds is 4. The molecule has 0 radical (unpaired) electrons. The summed E-state index contributed by atoms with van der Waals surface area (Å²) < 4.78 is 13.1. The molecule has 17 heavy (non-hydrogen) atoms. The standard InChI is InChI=1S/C11H14ClFN2O.ClH/c1-14-5-6-15(2)11(16)8-3-4-9(12)10(13)7-8;/h3-4,7,14H,5-6H2,1-2H3;1H. The van der Waals surface area contributed by atoms with Crippen molar-refractivity contribution in [2.45, 2.75) is 0 Å². The van der Waals surface area contributed by atoms with Crippen LogP contribution in [0.4, 0.5) is 4.39 Å². The van der Waals surface area contributed by atoms with Gasteiger partial charge in [-0.25, -0.2) is 4.39 Å². The van der Waals surface area contributed by atoms with E-state index in [2.05, 4.69) is 5.32 Å². The first-order valence-corrected chi connectivity index (χ1v) is 5.29. The first-order valence-electron chi connectivity index (χ1n) is 4.91. The highest BCUT2D eigenvalue weighted by Crippen LogP contribution is 2.16. The molecule has 3 nitrogen and oxygen atoms in total. The van der Waals surface area contributed by atoms with E-state index in [-0.39, 0.29) is 23.3 Å². The first kappa shape index (κ1) is 16.2. The molecule has 0 saturated carbocycles. The predicted molar refractivity (Wildman–Crippen MR) is 69.5 cm³/mol. The molecule has 0 fully saturated rings. The van der Waals surface area contributed by atoms with Gasteiger partial charge in [0, 0.05) is 25.7 Å². The van der Waals surface area contributed by atoms with Gasteiger partial charge in [-0.15, -0.1) is 12.4 Å². The summed E-state index contributed by atoms with van der Waals surface area (Å²) in [5.41, 5.74) is 0.306. The molecule has 0 aromatic heterocycles. The van der Waals surface area contributed by atoms with Crippen LogP contribution >= 0.6 is 24.0 Å². The molecule has 0 spiro atoms. The van der Waals surface area contributed by atoms with Gasteiger partial charge in [0.25, 0.3) is 5.91 Å². The molecule has 1 amide bonds. The number of hydrogen-bond acceptors (Lipinski definition) is 2. The highest BCUT2D eigenvalue weighted by atomic mass is 35.5. The van der Waals surface area contributed by atoms with Crippen molar-refractivity contribution in [2.24, 2.45) is 0 Å². The smallest absolute Gasteiger partial charge is 0.253 e. The average Bonchev–Trinajstić information content (AvgIpc) is 2.28. The highest BCUT2D eigenvalue weighted by molar-refractivity contribution is 6.30. The van der Waals surface area contributed by atoms with Crippen molar-refractivity contribution < 1.29 is 9.18 Å². The van der Waals surface area contributed by atoms with Gasteiger partial charge in [-0.2, -0.15) is 0 Å². The van der Waals surface area contributed by atoms with E-state index in [4.69, 9.17) is 11.6 Å². The summed E-state index contributed by atoms with van der Waals surface area (Å²) in [6.07, 6.45) is 0. The molecule has 0 heterocycles. The Hall–Kier alpha value is -0.840. The van der Waals surface area contributed by atoms with E-state index in [0.29, 0.717) is 18.7 Å². The lowest BCUT2D eigenvalue weighted by Gasteiger charge is -2.16. The van der Waals surface area contributed by atoms with Gasteiger partial charge in [0.2, 0.25) is 0 Å².